The molecule has 1 aliphatic rings. The highest BCUT2D eigenvalue weighted by Gasteiger charge is 2.33. The van der Waals surface area contributed by atoms with E-state index in [4.69, 9.17) is 9.84 Å². The first-order valence-corrected chi connectivity index (χ1v) is 3.77. The van der Waals surface area contributed by atoms with Gasteiger partial charge in [0.25, 0.3) is 0 Å². The van der Waals surface area contributed by atoms with Crippen molar-refractivity contribution in [2.45, 2.75) is 37.8 Å². The van der Waals surface area contributed by atoms with Crippen LogP contribution in [0, 0.1) is 0 Å². The molecule has 0 aromatic rings. The second-order valence-electron chi connectivity index (χ2n) is 2.94. The van der Waals surface area contributed by atoms with Gasteiger partial charge in [0, 0.05) is 6.42 Å². The van der Waals surface area contributed by atoms with E-state index >= 15 is 0 Å². The van der Waals surface area contributed by atoms with Gasteiger partial charge in [-0.25, -0.2) is 0 Å². The molecule has 0 amide bonds. The summed E-state index contributed by atoms with van der Waals surface area (Å²) in [6.07, 6.45) is -2.00. The number of ether oxygens (including phenoxy) is 1. The van der Waals surface area contributed by atoms with E-state index in [0.717, 1.165) is 0 Å². The Morgan fingerprint density at radius 1 is 1.45 bits per heavy atom. The lowest BCUT2D eigenvalue weighted by Crippen LogP contribution is -2.47. The summed E-state index contributed by atoms with van der Waals surface area (Å²) in [5.41, 5.74) is 0. The Kier molecular flexibility index (Phi) is 2.84. The van der Waals surface area contributed by atoms with Crippen LogP contribution in [-0.2, 0) is 4.74 Å². The van der Waals surface area contributed by atoms with E-state index in [9.17, 15) is 10.2 Å². The number of rotatable bonds is 1. The van der Waals surface area contributed by atoms with E-state index in [1.807, 2.05) is 0 Å². The lowest BCUT2D eigenvalue weighted by atomic mass is 9.99. The second kappa shape index (κ2) is 3.49. The van der Waals surface area contributed by atoms with Gasteiger partial charge in [-0.3, -0.25) is 0 Å². The van der Waals surface area contributed by atoms with Crippen molar-refractivity contribution in [1.82, 2.24) is 0 Å². The Bertz CT molecular complexity index is 116. The van der Waals surface area contributed by atoms with E-state index < -0.39 is 18.3 Å². The second-order valence-corrected chi connectivity index (χ2v) is 2.94. The van der Waals surface area contributed by atoms with E-state index in [2.05, 4.69) is 0 Å². The Labute approximate surface area is 65.4 Å². The molecule has 1 aliphatic heterocycles. The van der Waals surface area contributed by atoms with Crippen molar-refractivity contribution in [3.63, 3.8) is 0 Å². The molecule has 0 aromatic heterocycles. The van der Waals surface area contributed by atoms with Crippen LogP contribution in [0.25, 0.3) is 0 Å². The average molecular weight is 162 g/mol. The fraction of sp³-hybridized carbons (Fsp3) is 1.00. The number of aliphatic hydroxyl groups excluding tert-OH is 3. The van der Waals surface area contributed by atoms with Crippen molar-refractivity contribution in [3.8, 4) is 0 Å². The summed E-state index contributed by atoms with van der Waals surface area (Å²) in [5, 5.41) is 27.1. The van der Waals surface area contributed by atoms with Crippen LogP contribution in [0.1, 0.15) is 13.3 Å². The van der Waals surface area contributed by atoms with Crippen LogP contribution in [0.2, 0.25) is 0 Å². The normalized spacial score (nSPS) is 45.8. The Morgan fingerprint density at radius 2 is 2.09 bits per heavy atom. The minimum absolute atomic E-state index is 0.103. The van der Waals surface area contributed by atoms with E-state index in [-0.39, 0.29) is 12.7 Å². The third kappa shape index (κ3) is 1.90. The van der Waals surface area contributed by atoms with Gasteiger partial charge < -0.3 is 20.1 Å². The zero-order valence-electron chi connectivity index (χ0n) is 6.47. The lowest BCUT2D eigenvalue weighted by Gasteiger charge is -2.34. The summed E-state index contributed by atoms with van der Waals surface area (Å²) in [6.45, 7) is 1.57. The minimum Gasteiger partial charge on any atom is -0.394 e. The number of hydrogen-bond acceptors (Lipinski definition) is 4. The molecular formula is C7H14O4. The highest BCUT2D eigenvalue weighted by Crippen LogP contribution is 2.19. The summed E-state index contributed by atoms with van der Waals surface area (Å²) >= 11 is 0. The van der Waals surface area contributed by atoms with Crippen LogP contribution in [0.4, 0.5) is 0 Å². The molecule has 1 fully saturated rings. The summed E-state index contributed by atoms with van der Waals surface area (Å²) in [7, 11) is 0. The highest BCUT2D eigenvalue weighted by molar-refractivity contribution is 4.82. The molecule has 1 heterocycles. The molecule has 1 unspecified atom stereocenters. The zero-order chi connectivity index (χ0) is 8.43. The predicted molar refractivity (Wildman–Crippen MR) is 38.1 cm³/mol. The van der Waals surface area contributed by atoms with Gasteiger partial charge in [-0.15, -0.1) is 0 Å². The Balaban J connectivity index is 2.47. The van der Waals surface area contributed by atoms with Crippen LogP contribution in [0.5, 0.6) is 0 Å². The van der Waals surface area contributed by atoms with Crippen LogP contribution in [0.3, 0.4) is 0 Å². The predicted octanol–water partition coefficient (Wildman–Crippen LogP) is -1.12. The third-order valence-corrected chi connectivity index (χ3v) is 1.99. The molecule has 0 aliphatic carbocycles. The quantitative estimate of drug-likeness (QED) is 0.456. The average Bonchev–Trinajstić information content (AvgIpc) is 1.99. The van der Waals surface area contributed by atoms with Crippen molar-refractivity contribution < 1.29 is 20.1 Å². The van der Waals surface area contributed by atoms with E-state index in [1.165, 1.54) is 0 Å². The summed E-state index contributed by atoms with van der Waals surface area (Å²) in [5.74, 6) is 0. The van der Waals surface area contributed by atoms with Gasteiger partial charge in [-0.2, -0.15) is 0 Å². The zero-order valence-corrected chi connectivity index (χ0v) is 6.47. The molecule has 1 rings (SSSR count). The van der Waals surface area contributed by atoms with Crippen molar-refractivity contribution in [3.05, 3.63) is 0 Å². The Morgan fingerprint density at radius 3 is 2.55 bits per heavy atom. The van der Waals surface area contributed by atoms with Gasteiger partial charge in [-0.1, -0.05) is 0 Å². The first kappa shape index (κ1) is 8.93. The fourth-order valence-corrected chi connectivity index (χ4v) is 1.28. The maximum atomic E-state index is 9.21. The van der Waals surface area contributed by atoms with Gasteiger partial charge in [0.05, 0.1) is 24.9 Å². The lowest BCUT2D eigenvalue weighted by molar-refractivity contribution is -0.170. The first-order valence-electron chi connectivity index (χ1n) is 3.77. The van der Waals surface area contributed by atoms with Gasteiger partial charge in [0.15, 0.2) is 0 Å². The molecule has 11 heavy (non-hydrogen) atoms. The van der Waals surface area contributed by atoms with Crippen molar-refractivity contribution in [1.29, 1.82) is 0 Å². The smallest absolute Gasteiger partial charge is 0.106 e. The minimum atomic E-state index is -0.821. The summed E-state index contributed by atoms with van der Waals surface area (Å²) < 4.78 is 5.16. The number of aliphatic hydroxyl groups is 3. The molecule has 0 saturated carbocycles. The SMILES string of the molecule is C[C@@H]1OC(CO)C[C@@H](O)[C@@H]1O. The van der Waals surface area contributed by atoms with Gasteiger partial charge in [0.1, 0.15) is 6.10 Å². The van der Waals surface area contributed by atoms with E-state index in [1.54, 1.807) is 6.92 Å². The first-order chi connectivity index (χ1) is 5.15. The molecular weight excluding hydrogens is 148 g/mol. The molecule has 66 valence electrons. The van der Waals surface area contributed by atoms with Gasteiger partial charge in [-0.05, 0) is 6.92 Å². The fourth-order valence-electron chi connectivity index (χ4n) is 1.28. The maximum absolute atomic E-state index is 9.21. The summed E-state index contributed by atoms with van der Waals surface area (Å²) in [4.78, 5) is 0. The third-order valence-electron chi connectivity index (χ3n) is 1.99. The molecule has 0 bridgehead atoms. The molecule has 3 N–H and O–H groups in total. The molecule has 4 heteroatoms. The van der Waals surface area contributed by atoms with Gasteiger partial charge in [0.2, 0.25) is 0 Å². The maximum Gasteiger partial charge on any atom is 0.106 e. The molecule has 4 nitrogen and oxygen atoms in total. The molecule has 1 saturated heterocycles. The van der Waals surface area contributed by atoms with Crippen LogP contribution in [0.15, 0.2) is 0 Å². The standard InChI is InChI=1S/C7H14O4/c1-4-7(10)6(9)2-5(3-8)11-4/h4-10H,2-3H2,1H3/t4-,5?,6+,7+/m0/s1. The molecule has 0 aromatic carbocycles. The molecule has 0 radical (unpaired) electrons. The largest absolute Gasteiger partial charge is 0.394 e. The summed E-state index contributed by atoms with van der Waals surface area (Å²) in [6, 6.07) is 0. The van der Waals surface area contributed by atoms with Crippen LogP contribution >= 0.6 is 0 Å². The molecule has 4 atom stereocenters. The topological polar surface area (TPSA) is 69.9 Å². The van der Waals surface area contributed by atoms with E-state index in [0.29, 0.717) is 6.42 Å². The monoisotopic (exact) mass is 162 g/mol. The van der Waals surface area contributed by atoms with Crippen LogP contribution in [-0.4, -0.2) is 46.3 Å². The van der Waals surface area contributed by atoms with Gasteiger partial charge >= 0.3 is 0 Å². The number of hydrogen-bond donors (Lipinski definition) is 3. The van der Waals surface area contributed by atoms with Crippen molar-refractivity contribution in [2.24, 2.45) is 0 Å². The van der Waals surface area contributed by atoms with Crippen LogP contribution < -0.4 is 0 Å². The van der Waals surface area contributed by atoms with Crippen molar-refractivity contribution >= 4 is 0 Å². The Hall–Kier alpha value is -0.160. The molecule has 0 spiro atoms. The van der Waals surface area contributed by atoms with Crippen molar-refractivity contribution in [2.75, 3.05) is 6.61 Å². The highest BCUT2D eigenvalue weighted by atomic mass is 16.5.